The van der Waals surface area contributed by atoms with E-state index in [0.717, 1.165) is 49.1 Å². The molecule has 1 aliphatic rings. The lowest BCUT2D eigenvalue weighted by molar-refractivity contribution is 0.0791. The van der Waals surface area contributed by atoms with Crippen LogP contribution >= 0.6 is 0 Å². The summed E-state index contributed by atoms with van der Waals surface area (Å²) in [6.07, 6.45) is 7.64. The van der Waals surface area contributed by atoms with E-state index in [4.69, 9.17) is 9.47 Å². The minimum atomic E-state index is -0.0216. The molecule has 27 heavy (non-hydrogen) atoms. The Morgan fingerprint density at radius 1 is 1.07 bits per heavy atom. The molecule has 146 valence electrons. The molecule has 0 amide bonds. The third-order valence-corrected chi connectivity index (χ3v) is 5.76. The van der Waals surface area contributed by atoms with Crippen LogP contribution in [-0.2, 0) is 11.2 Å². The average Bonchev–Trinajstić information content (AvgIpc) is 2.68. The van der Waals surface area contributed by atoms with Gasteiger partial charge in [0.15, 0.2) is 5.75 Å². The van der Waals surface area contributed by atoms with E-state index in [9.17, 15) is 4.79 Å². The van der Waals surface area contributed by atoms with E-state index in [0.29, 0.717) is 11.7 Å². The summed E-state index contributed by atoms with van der Waals surface area (Å²) in [6.45, 7) is 1.89. The van der Waals surface area contributed by atoms with Gasteiger partial charge in [0.1, 0.15) is 0 Å². The number of pyridine rings is 1. The smallest absolute Gasteiger partial charge is 0.227 e. The maximum Gasteiger partial charge on any atom is 0.227 e. The number of aryl methyl sites for hydroxylation is 2. The summed E-state index contributed by atoms with van der Waals surface area (Å²) < 4.78 is 11.0. The highest BCUT2D eigenvalue weighted by molar-refractivity contribution is 5.39. The van der Waals surface area contributed by atoms with E-state index in [1.807, 2.05) is 6.92 Å². The number of ether oxygens (including phenoxy) is 2. The molecule has 1 N–H and O–H groups in total. The highest BCUT2D eigenvalue weighted by Crippen LogP contribution is 2.40. The standard InChI is InChI=1S/C23H31NO3/c1-16-23(27-3)22(25)20-18(14-15-19(26-2)21(20)24-16)13-9-5-8-12-17-10-6-4-7-11-17/h4,6-7,10-11,18-19H,5,8-9,12-15H2,1-3H3,(H,24,25)/t18-,19+/m0/s1. The van der Waals surface area contributed by atoms with Crippen LogP contribution in [0.3, 0.4) is 0 Å². The molecule has 0 spiro atoms. The topological polar surface area (TPSA) is 51.3 Å². The maximum absolute atomic E-state index is 13.0. The fraction of sp³-hybridized carbons (Fsp3) is 0.522. The van der Waals surface area contributed by atoms with Gasteiger partial charge >= 0.3 is 0 Å². The van der Waals surface area contributed by atoms with Crippen LogP contribution in [0.2, 0.25) is 0 Å². The molecule has 0 bridgehead atoms. The molecule has 2 aromatic rings. The zero-order chi connectivity index (χ0) is 19.2. The predicted molar refractivity (Wildman–Crippen MR) is 109 cm³/mol. The van der Waals surface area contributed by atoms with E-state index < -0.39 is 0 Å². The van der Waals surface area contributed by atoms with Crippen LogP contribution in [0.5, 0.6) is 5.75 Å². The van der Waals surface area contributed by atoms with Crippen LogP contribution in [-0.4, -0.2) is 19.2 Å². The Morgan fingerprint density at radius 3 is 2.56 bits per heavy atom. The summed E-state index contributed by atoms with van der Waals surface area (Å²) >= 11 is 0. The second-order valence-electron chi connectivity index (χ2n) is 7.52. The van der Waals surface area contributed by atoms with Crippen molar-refractivity contribution < 1.29 is 9.47 Å². The second-order valence-corrected chi connectivity index (χ2v) is 7.52. The first-order valence-corrected chi connectivity index (χ1v) is 10.0. The molecule has 3 rings (SSSR count). The molecule has 0 fully saturated rings. The minimum absolute atomic E-state index is 0.0216. The molecule has 1 aromatic heterocycles. The molecule has 0 saturated carbocycles. The van der Waals surface area contributed by atoms with Crippen molar-refractivity contribution in [3.05, 3.63) is 63.1 Å². The van der Waals surface area contributed by atoms with E-state index in [1.165, 1.54) is 18.4 Å². The number of nitrogens with one attached hydrogen (secondary N) is 1. The van der Waals surface area contributed by atoms with Crippen LogP contribution < -0.4 is 10.2 Å². The largest absolute Gasteiger partial charge is 0.491 e. The number of methoxy groups -OCH3 is 2. The predicted octanol–water partition coefficient (Wildman–Crippen LogP) is 5.06. The van der Waals surface area contributed by atoms with Crippen LogP contribution in [0, 0.1) is 6.92 Å². The molecule has 4 nitrogen and oxygen atoms in total. The molecular weight excluding hydrogens is 338 g/mol. The molecular formula is C23H31NO3. The van der Waals surface area contributed by atoms with Gasteiger partial charge in [0.2, 0.25) is 5.43 Å². The van der Waals surface area contributed by atoms with Gasteiger partial charge in [0.05, 0.1) is 24.6 Å². The number of aromatic amines is 1. The molecule has 0 unspecified atom stereocenters. The van der Waals surface area contributed by atoms with Gasteiger partial charge in [-0.1, -0.05) is 43.2 Å². The number of unbranched alkanes of at least 4 members (excludes halogenated alkanes) is 2. The lowest BCUT2D eigenvalue weighted by Gasteiger charge is -2.31. The van der Waals surface area contributed by atoms with Crippen LogP contribution in [0.15, 0.2) is 35.1 Å². The molecule has 1 aliphatic carbocycles. The normalized spacial score (nSPS) is 18.9. The van der Waals surface area contributed by atoms with Crippen molar-refractivity contribution in [3.63, 3.8) is 0 Å². The number of benzene rings is 1. The lowest BCUT2D eigenvalue weighted by atomic mass is 9.80. The fourth-order valence-corrected chi connectivity index (χ4v) is 4.35. The summed E-state index contributed by atoms with van der Waals surface area (Å²) in [5.41, 5.74) is 4.08. The molecule has 0 saturated heterocycles. The Morgan fingerprint density at radius 2 is 1.85 bits per heavy atom. The van der Waals surface area contributed by atoms with Gasteiger partial charge in [0, 0.05) is 12.7 Å². The average molecular weight is 370 g/mol. The number of H-pyrrole nitrogens is 1. The third kappa shape index (κ3) is 4.44. The number of hydrogen-bond acceptors (Lipinski definition) is 3. The maximum atomic E-state index is 13.0. The molecule has 4 heteroatoms. The summed E-state index contributed by atoms with van der Waals surface area (Å²) in [5.74, 6) is 0.737. The summed E-state index contributed by atoms with van der Waals surface area (Å²) in [6, 6.07) is 10.6. The van der Waals surface area contributed by atoms with Crippen molar-refractivity contribution in [1.82, 2.24) is 4.98 Å². The quantitative estimate of drug-likeness (QED) is 0.662. The lowest BCUT2D eigenvalue weighted by Crippen LogP contribution is -2.27. The van der Waals surface area contributed by atoms with Crippen molar-refractivity contribution in [2.45, 2.75) is 63.9 Å². The van der Waals surface area contributed by atoms with Gasteiger partial charge in [-0.25, -0.2) is 0 Å². The van der Waals surface area contributed by atoms with Crippen LogP contribution in [0.1, 0.15) is 73.1 Å². The van der Waals surface area contributed by atoms with Crippen molar-refractivity contribution >= 4 is 0 Å². The highest BCUT2D eigenvalue weighted by atomic mass is 16.5. The fourth-order valence-electron chi connectivity index (χ4n) is 4.35. The third-order valence-electron chi connectivity index (χ3n) is 5.76. The summed E-state index contributed by atoms with van der Waals surface area (Å²) in [7, 11) is 3.29. The number of hydrogen-bond donors (Lipinski definition) is 1. The molecule has 0 aliphatic heterocycles. The minimum Gasteiger partial charge on any atom is -0.491 e. The molecule has 1 heterocycles. The van der Waals surface area contributed by atoms with Gasteiger partial charge in [0.25, 0.3) is 0 Å². The molecule has 1 aromatic carbocycles. The van der Waals surface area contributed by atoms with Crippen molar-refractivity contribution in [1.29, 1.82) is 0 Å². The van der Waals surface area contributed by atoms with Crippen molar-refractivity contribution in [3.8, 4) is 5.75 Å². The van der Waals surface area contributed by atoms with E-state index in [-0.39, 0.29) is 11.5 Å². The zero-order valence-electron chi connectivity index (χ0n) is 16.7. The Kier molecular flexibility index (Phi) is 6.73. The van der Waals surface area contributed by atoms with Gasteiger partial charge in [-0.3, -0.25) is 4.79 Å². The first-order chi connectivity index (χ1) is 13.2. The first-order valence-electron chi connectivity index (χ1n) is 10.0. The Labute approximate surface area is 161 Å². The van der Waals surface area contributed by atoms with Gasteiger partial charge in [-0.2, -0.15) is 0 Å². The van der Waals surface area contributed by atoms with E-state index >= 15 is 0 Å². The van der Waals surface area contributed by atoms with Gasteiger partial charge in [-0.05, 0) is 50.5 Å². The summed E-state index contributed by atoms with van der Waals surface area (Å²) in [5, 5.41) is 0. The van der Waals surface area contributed by atoms with E-state index in [2.05, 4.69) is 35.3 Å². The van der Waals surface area contributed by atoms with Crippen molar-refractivity contribution in [2.24, 2.45) is 0 Å². The zero-order valence-corrected chi connectivity index (χ0v) is 16.7. The number of aromatic nitrogens is 1. The number of rotatable bonds is 8. The SMILES string of the molecule is COc1c(C)[nH]c2c(c1=O)[C@@H](CCCCCc1ccccc1)CC[C@H]2OC. The molecule has 0 radical (unpaired) electrons. The Bertz CT molecular complexity index is 797. The summed E-state index contributed by atoms with van der Waals surface area (Å²) in [4.78, 5) is 16.4. The Balaban J connectivity index is 1.66. The van der Waals surface area contributed by atoms with Crippen molar-refractivity contribution in [2.75, 3.05) is 14.2 Å². The highest BCUT2D eigenvalue weighted by Gasteiger charge is 2.31. The monoisotopic (exact) mass is 369 g/mol. The number of fused-ring (bicyclic) bond motifs is 1. The Hall–Kier alpha value is -2.07. The van der Waals surface area contributed by atoms with Crippen LogP contribution in [0.25, 0.3) is 0 Å². The van der Waals surface area contributed by atoms with Crippen LogP contribution in [0.4, 0.5) is 0 Å². The van der Waals surface area contributed by atoms with E-state index in [1.54, 1.807) is 14.2 Å². The first kappa shape index (κ1) is 19.7. The second kappa shape index (κ2) is 9.23. The molecule has 2 atom stereocenters. The van der Waals surface area contributed by atoms with Gasteiger partial charge in [-0.15, -0.1) is 0 Å². The van der Waals surface area contributed by atoms with Gasteiger partial charge < -0.3 is 14.5 Å².